The van der Waals surface area contributed by atoms with Crippen molar-refractivity contribution < 1.29 is 14.3 Å². The molecule has 0 aliphatic heterocycles. The van der Waals surface area contributed by atoms with E-state index in [1.54, 1.807) is 31.2 Å². The third kappa shape index (κ3) is 4.43. The van der Waals surface area contributed by atoms with Crippen LogP contribution in [-0.2, 0) is 4.74 Å². The summed E-state index contributed by atoms with van der Waals surface area (Å²) in [7, 11) is 0. The number of aromatic nitrogens is 2. The van der Waals surface area contributed by atoms with Gasteiger partial charge in [0.25, 0.3) is 5.91 Å². The van der Waals surface area contributed by atoms with Crippen LogP contribution in [0.4, 0.5) is 11.5 Å². The van der Waals surface area contributed by atoms with Crippen LogP contribution in [0.5, 0.6) is 0 Å². The minimum Gasteiger partial charge on any atom is -0.462 e. The number of carbonyl (C=O) groups is 2. The molecule has 2 aromatic carbocycles. The molecule has 0 saturated carbocycles. The fraction of sp³-hybridized carbons (Fsp3) is 0.238. The minimum absolute atomic E-state index is 0.224. The summed E-state index contributed by atoms with van der Waals surface area (Å²) in [5, 5.41) is 5.97. The highest BCUT2D eigenvalue weighted by Gasteiger charge is 2.17. The molecule has 0 aliphatic rings. The van der Waals surface area contributed by atoms with Gasteiger partial charge in [0, 0.05) is 12.2 Å². The van der Waals surface area contributed by atoms with Gasteiger partial charge in [0.15, 0.2) is 11.5 Å². The van der Waals surface area contributed by atoms with E-state index in [9.17, 15) is 9.59 Å². The molecule has 0 fully saturated rings. The third-order valence-corrected chi connectivity index (χ3v) is 3.98. The Morgan fingerprint density at radius 3 is 2.29 bits per heavy atom. The van der Waals surface area contributed by atoms with Gasteiger partial charge in [0.05, 0.1) is 23.2 Å². The Kier molecular flexibility index (Phi) is 6.16. The van der Waals surface area contributed by atoms with E-state index in [2.05, 4.69) is 20.6 Å². The molecule has 2 N–H and O–H groups in total. The molecule has 28 heavy (non-hydrogen) atoms. The first-order valence-electron chi connectivity index (χ1n) is 9.21. The van der Waals surface area contributed by atoms with Gasteiger partial charge in [-0.25, -0.2) is 14.8 Å². The van der Waals surface area contributed by atoms with Gasteiger partial charge >= 0.3 is 5.97 Å². The fourth-order valence-electron chi connectivity index (χ4n) is 2.62. The quantitative estimate of drug-likeness (QED) is 0.606. The van der Waals surface area contributed by atoms with Gasteiger partial charge in [0.2, 0.25) is 0 Å². The van der Waals surface area contributed by atoms with E-state index in [-0.39, 0.29) is 11.6 Å². The van der Waals surface area contributed by atoms with Crippen LogP contribution in [0, 0.1) is 0 Å². The van der Waals surface area contributed by atoms with Crippen LogP contribution in [0.15, 0.2) is 48.5 Å². The van der Waals surface area contributed by atoms with E-state index in [0.717, 1.165) is 11.9 Å². The van der Waals surface area contributed by atoms with E-state index < -0.39 is 5.97 Å². The number of nitrogens with one attached hydrogen (secondary N) is 2. The highest BCUT2D eigenvalue weighted by atomic mass is 16.5. The summed E-state index contributed by atoms with van der Waals surface area (Å²) in [6, 6.07) is 13.9. The predicted octanol–water partition coefficient (Wildman–Crippen LogP) is 3.88. The molecule has 3 rings (SSSR count). The molecule has 1 heterocycles. The SMILES string of the molecule is CCCNc1nc2ccccc2nc1C(=O)Nc1ccc(C(=O)OCC)cc1. The average Bonchev–Trinajstić information content (AvgIpc) is 2.72. The Labute approximate surface area is 163 Å². The van der Waals surface area contributed by atoms with Gasteiger partial charge in [-0.2, -0.15) is 0 Å². The summed E-state index contributed by atoms with van der Waals surface area (Å²) in [4.78, 5) is 33.6. The standard InChI is InChI=1S/C21H22N4O3/c1-3-13-22-19-18(24-16-7-5-6-8-17(16)25-19)20(26)23-15-11-9-14(10-12-15)21(27)28-4-2/h5-12H,3-4,13H2,1-2H3,(H,22,25)(H,23,26). The average molecular weight is 378 g/mol. The zero-order chi connectivity index (χ0) is 19.9. The zero-order valence-corrected chi connectivity index (χ0v) is 15.9. The molecule has 144 valence electrons. The highest BCUT2D eigenvalue weighted by molar-refractivity contribution is 6.07. The molecular formula is C21H22N4O3. The second kappa shape index (κ2) is 8.94. The number of hydrogen-bond acceptors (Lipinski definition) is 6. The maximum atomic E-state index is 12.8. The number of anilines is 2. The summed E-state index contributed by atoms with van der Waals surface area (Å²) in [6.07, 6.45) is 0.894. The fourth-order valence-corrected chi connectivity index (χ4v) is 2.62. The molecule has 0 atom stereocenters. The number of esters is 1. The maximum Gasteiger partial charge on any atom is 0.338 e. The molecule has 0 unspecified atom stereocenters. The Bertz CT molecular complexity index is 987. The Morgan fingerprint density at radius 1 is 0.964 bits per heavy atom. The minimum atomic E-state index is -0.396. The molecule has 0 radical (unpaired) electrons. The first kappa shape index (κ1) is 19.3. The topological polar surface area (TPSA) is 93.2 Å². The smallest absolute Gasteiger partial charge is 0.338 e. The van der Waals surface area contributed by atoms with Crippen LogP contribution in [0.2, 0.25) is 0 Å². The highest BCUT2D eigenvalue weighted by Crippen LogP contribution is 2.19. The molecule has 0 bridgehead atoms. The van der Waals surface area contributed by atoms with Crippen LogP contribution < -0.4 is 10.6 Å². The Morgan fingerprint density at radius 2 is 1.64 bits per heavy atom. The second-order valence-corrected chi connectivity index (χ2v) is 6.09. The van der Waals surface area contributed by atoms with Crippen LogP contribution >= 0.6 is 0 Å². The van der Waals surface area contributed by atoms with E-state index in [0.29, 0.717) is 35.7 Å². The summed E-state index contributed by atoms with van der Waals surface area (Å²) in [5.74, 6) is -0.325. The van der Waals surface area contributed by atoms with Crippen LogP contribution in [0.1, 0.15) is 41.1 Å². The molecule has 0 aliphatic carbocycles. The third-order valence-electron chi connectivity index (χ3n) is 3.98. The van der Waals surface area contributed by atoms with Crippen molar-refractivity contribution >= 4 is 34.4 Å². The van der Waals surface area contributed by atoms with Gasteiger partial charge in [-0.1, -0.05) is 19.1 Å². The number of nitrogens with zero attached hydrogens (tertiary/aromatic N) is 2. The summed E-state index contributed by atoms with van der Waals surface area (Å²) in [6.45, 7) is 4.78. The lowest BCUT2D eigenvalue weighted by Crippen LogP contribution is -2.18. The normalized spacial score (nSPS) is 10.5. The Hall–Kier alpha value is -3.48. The lowest BCUT2D eigenvalue weighted by atomic mass is 10.2. The summed E-state index contributed by atoms with van der Waals surface area (Å²) < 4.78 is 4.96. The van der Waals surface area contributed by atoms with Gasteiger partial charge in [-0.05, 0) is 49.7 Å². The largest absolute Gasteiger partial charge is 0.462 e. The van der Waals surface area contributed by atoms with Crippen LogP contribution in [0.3, 0.4) is 0 Å². The van der Waals surface area contributed by atoms with Crippen LogP contribution in [-0.4, -0.2) is 35.0 Å². The molecular weight excluding hydrogens is 356 g/mol. The van der Waals surface area contributed by atoms with E-state index in [1.807, 2.05) is 31.2 Å². The van der Waals surface area contributed by atoms with E-state index in [1.165, 1.54) is 0 Å². The summed E-state index contributed by atoms with van der Waals surface area (Å²) in [5.41, 5.74) is 2.57. The molecule has 1 amide bonds. The number of para-hydroxylation sites is 2. The van der Waals surface area contributed by atoms with Crippen molar-refractivity contribution in [2.75, 3.05) is 23.8 Å². The first-order valence-corrected chi connectivity index (χ1v) is 9.21. The number of amides is 1. The molecule has 7 nitrogen and oxygen atoms in total. The number of hydrogen-bond donors (Lipinski definition) is 2. The number of rotatable bonds is 7. The van der Waals surface area contributed by atoms with Crippen molar-refractivity contribution in [3.05, 3.63) is 59.8 Å². The van der Waals surface area contributed by atoms with Gasteiger partial charge in [-0.3, -0.25) is 4.79 Å². The van der Waals surface area contributed by atoms with Gasteiger partial charge < -0.3 is 15.4 Å². The number of fused-ring (bicyclic) bond motifs is 1. The maximum absolute atomic E-state index is 12.8. The van der Waals surface area contributed by atoms with Crippen molar-refractivity contribution in [2.24, 2.45) is 0 Å². The van der Waals surface area contributed by atoms with E-state index >= 15 is 0 Å². The van der Waals surface area contributed by atoms with Crippen molar-refractivity contribution in [1.29, 1.82) is 0 Å². The lowest BCUT2D eigenvalue weighted by Gasteiger charge is -2.12. The summed E-state index contributed by atoms with van der Waals surface area (Å²) >= 11 is 0. The number of carbonyl (C=O) groups excluding carboxylic acids is 2. The molecule has 0 saturated heterocycles. The van der Waals surface area contributed by atoms with Crippen molar-refractivity contribution in [2.45, 2.75) is 20.3 Å². The van der Waals surface area contributed by atoms with E-state index in [4.69, 9.17) is 4.74 Å². The first-order chi connectivity index (χ1) is 13.6. The molecule has 0 spiro atoms. The zero-order valence-electron chi connectivity index (χ0n) is 15.9. The number of benzene rings is 2. The van der Waals surface area contributed by atoms with Crippen molar-refractivity contribution in [3.63, 3.8) is 0 Å². The van der Waals surface area contributed by atoms with Gasteiger partial charge in [0.1, 0.15) is 0 Å². The van der Waals surface area contributed by atoms with Crippen LogP contribution in [0.25, 0.3) is 11.0 Å². The van der Waals surface area contributed by atoms with Crippen molar-refractivity contribution in [3.8, 4) is 0 Å². The monoisotopic (exact) mass is 378 g/mol. The molecule has 1 aromatic heterocycles. The Balaban J connectivity index is 1.84. The number of ether oxygens (including phenoxy) is 1. The van der Waals surface area contributed by atoms with Crippen molar-refractivity contribution in [1.82, 2.24) is 9.97 Å². The second-order valence-electron chi connectivity index (χ2n) is 6.09. The predicted molar refractivity (Wildman–Crippen MR) is 109 cm³/mol. The molecule has 3 aromatic rings. The molecule has 7 heteroatoms. The lowest BCUT2D eigenvalue weighted by molar-refractivity contribution is 0.0526. The van der Waals surface area contributed by atoms with Gasteiger partial charge in [-0.15, -0.1) is 0 Å².